The van der Waals surface area contributed by atoms with Gasteiger partial charge in [0.1, 0.15) is 11.4 Å². The van der Waals surface area contributed by atoms with E-state index in [-0.39, 0.29) is 5.56 Å². The minimum absolute atomic E-state index is 0.238. The van der Waals surface area contributed by atoms with Gasteiger partial charge in [-0.25, -0.2) is 5.10 Å². The Morgan fingerprint density at radius 1 is 0.889 bits per heavy atom. The number of aromatic nitrogens is 4. The van der Waals surface area contributed by atoms with Gasteiger partial charge >= 0.3 is 0 Å². The molecule has 6 nitrogen and oxygen atoms in total. The number of aromatic amines is 2. The lowest BCUT2D eigenvalue weighted by Crippen LogP contribution is -2.06. The molecule has 6 heteroatoms. The van der Waals surface area contributed by atoms with Gasteiger partial charge in [-0.15, -0.1) is 0 Å². The zero-order chi connectivity index (χ0) is 18.6. The monoisotopic (exact) mass is 358 g/mol. The van der Waals surface area contributed by atoms with Crippen LogP contribution in [0.3, 0.4) is 0 Å². The van der Waals surface area contributed by atoms with Gasteiger partial charge in [-0.05, 0) is 23.8 Å². The van der Waals surface area contributed by atoms with Gasteiger partial charge < -0.3 is 4.74 Å². The maximum atomic E-state index is 11.4. The maximum Gasteiger partial charge on any atom is 0.264 e. The highest BCUT2D eigenvalue weighted by atomic mass is 16.5. The van der Waals surface area contributed by atoms with Crippen LogP contribution < -0.4 is 10.3 Å². The average molecular weight is 358 g/mol. The summed E-state index contributed by atoms with van der Waals surface area (Å²) in [5.41, 5.74) is 5.24. The molecule has 0 bridgehead atoms. The van der Waals surface area contributed by atoms with Crippen molar-refractivity contribution in [1.82, 2.24) is 20.4 Å². The second-order valence-corrected chi connectivity index (χ2v) is 6.12. The van der Waals surface area contributed by atoms with Gasteiger partial charge in [0.25, 0.3) is 5.56 Å². The van der Waals surface area contributed by atoms with Crippen molar-refractivity contribution >= 4 is 0 Å². The van der Waals surface area contributed by atoms with Crippen LogP contribution >= 0.6 is 0 Å². The highest BCUT2D eigenvalue weighted by molar-refractivity contribution is 5.73. The molecule has 0 aliphatic carbocycles. The van der Waals surface area contributed by atoms with E-state index in [1.165, 1.54) is 6.07 Å². The van der Waals surface area contributed by atoms with Crippen molar-refractivity contribution in [3.05, 3.63) is 88.2 Å². The molecule has 0 radical (unpaired) electrons. The smallest absolute Gasteiger partial charge is 0.264 e. The Balaban J connectivity index is 1.81. The highest BCUT2D eigenvalue weighted by Crippen LogP contribution is 2.31. The summed E-state index contributed by atoms with van der Waals surface area (Å²) in [7, 11) is 1.65. The van der Waals surface area contributed by atoms with E-state index in [4.69, 9.17) is 4.74 Å². The van der Waals surface area contributed by atoms with E-state index in [1.807, 2.05) is 54.6 Å². The quantitative estimate of drug-likeness (QED) is 0.572. The summed E-state index contributed by atoms with van der Waals surface area (Å²) in [6.07, 6.45) is 0.668. The number of ether oxygens (including phenoxy) is 1. The van der Waals surface area contributed by atoms with Gasteiger partial charge in [0.05, 0.1) is 18.5 Å². The Morgan fingerprint density at radius 2 is 1.67 bits per heavy atom. The molecule has 0 atom stereocenters. The highest BCUT2D eigenvalue weighted by Gasteiger charge is 2.17. The van der Waals surface area contributed by atoms with Crippen molar-refractivity contribution in [3.8, 4) is 28.4 Å². The molecule has 0 spiro atoms. The van der Waals surface area contributed by atoms with Gasteiger partial charge in [0.2, 0.25) is 0 Å². The molecule has 0 amide bonds. The summed E-state index contributed by atoms with van der Waals surface area (Å²) in [5, 5.41) is 14.3. The summed E-state index contributed by atoms with van der Waals surface area (Å²) in [6, 6.07) is 21.1. The molecule has 0 fully saturated rings. The Hall–Kier alpha value is -3.67. The molecule has 4 rings (SSSR count). The summed E-state index contributed by atoms with van der Waals surface area (Å²) >= 11 is 0. The normalized spacial score (nSPS) is 10.7. The standard InChI is InChI=1S/C21H18N4O2/c1-27-16-9-7-14(8-10-16)13-17-20(15-5-3-2-4-6-15)24-25-21(17)18-11-12-19(26)23-22-18/h2-12H,13H2,1H3,(H,23,26)(H,24,25). The van der Waals surface area contributed by atoms with Crippen LogP contribution in [0.4, 0.5) is 0 Å². The van der Waals surface area contributed by atoms with Gasteiger partial charge in [-0.2, -0.15) is 10.2 Å². The van der Waals surface area contributed by atoms with Crippen LogP contribution in [0.15, 0.2) is 71.5 Å². The van der Waals surface area contributed by atoms with Crippen LogP contribution in [-0.2, 0) is 6.42 Å². The molecule has 2 heterocycles. The summed E-state index contributed by atoms with van der Waals surface area (Å²) in [4.78, 5) is 11.4. The van der Waals surface area contributed by atoms with Crippen molar-refractivity contribution in [2.24, 2.45) is 0 Å². The number of rotatable bonds is 5. The number of hydrogen-bond donors (Lipinski definition) is 2. The number of nitrogens with one attached hydrogen (secondary N) is 2. The van der Waals surface area contributed by atoms with Crippen LogP contribution in [0.25, 0.3) is 22.6 Å². The van der Waals surface area contributed by atoms with E-state index >= 15 is 0 Å². The van der Waals surface area contributed by atoms with E-state index in [9.17, 15) is 4.79 Å². The minimum Gasteiger partial charge on any atom is -0.497 e. The summed E-state index contributed by atoms with van der Waals surface area (Å²) in [5.74, 6) is 0.816. The van der Waals surface area contributed by atoms with Gasteiger partial charge in [0.15, 0.2) is 0 Å². The van der Waals surface area contributed by atoms with Crippen LogP contribution in [0, 0.1) is 0 Å². The molecular weight excluding hydrogens is 340 g/mol. The van der Waals surface area contributed by atoms with Crippen molar-refractivity contribution in [2.75, 3.05) is 7.11 Å². The van der Waals surface area contributed by atoms with Gasteiger partial charge in [0, 0.05) is 23.6 Å². The molecule has 27 heavy (non-hydrogen) atoms. The van der Waals surface area contributed by atoms with Crippen molar-refractivity contribution < 1.29 is 4.74 Å². The lowest BCUT2D eigenvalue weighted by atomic mass is 9.98. The number of nitrogens with zero attached hydrogens (tertiary/aromatic N) is 2. The van der Waals surface area contributed by atoms with Crippen LogP contribution in [0.1, 0.15) is 11.1 Å². The van der Waals surface area contributed by atoms with Crippen LogP contribution in [-0.4, -0.2) is 27.5 Å². The summed E-state index contributed by atoms with van der Waals surface area (Å²) < 4.78 is 5.24. The van der Waals surface area contributed by atoms with Crippen LogP contribution in [0.5, 0.6) is 5.75 Å². The molecule has 2 aromatic heterocycles. The Kier molecular flexibility index (Phi) is 4.53. The molecule has 0 unspecified atom stereocenters. The van der Waals surface area contributed by atoms with Gasteiger partial charge in [-0.3, -0.25) is 9.89 Å². The zero-order valence-corrected chi connectivity index (χ0v) is 14.8. The Labute approximate surface area is 155 Å². The first kappa shape index (κ1) is 16.8. The molecule has 4 aromatic rings. The van der Waals surface area contributed by atoms with E-state index in [0.29, 0.717) is 12.1 Å². The van der Waals surface area contributed by atoms with Crippen molar-refractivity contribution in [3.63, 3.8) is 0 Å². The molecule has 0 aliphatic heterocycles. The minimum atomic E-state index is -0.238. The topological polar surface area (TPSA) is 83.7 Å². The van der Waals surface area contributed by atoms with E-state index in [0.717, 1.165) is 33.8 Å². The molecule has 0 saturated heterocycles. The number of H-pyrrole nitrogens is 2. The first-order valence-electron chi connectivity index (χ1n) is 8.56. The van der Waals surface area contributed by atoms with Crippen molar-refractivity contribution in [2.45, 2.75) is 6.42 Å². The number of methoxy groups -OCH3 is 1. The lowest BCUT2D eigenvalue weighted by molar-refractivity contribution is 0.414. The van der Waals surface area contributed by atoms with E-state index in [2.05, 4.69) is 20.4 Å². The Morgan fingerprint density at radius 3 is 2.33 bits per heavy atom. The zero-order valence-electron chi connectivity index (χ0n) is 14.8. The molecule has 134 valence electrons. The van der Waals surface area contributed by atoms with E-state index in [1.54, 1.807) is 13.2 Å². The average Bonchev–Trinajstić information content (AvgIpc) is 3.13. The van der Waals surface area contributed by atoms with Gasteiger partial charge in [-0.1, -0.05) is 42.5 Å². The fourth-order valence-electron chi connectivity index (χ4n) is 3.02. The van der Waals surface area contributed by atoms with Crippen molar-refractivity contribution in [1.29, 1.82) is 0 Å². The van der Waals surface area contributed by atoms with Crippen LogP contribution in [0.2, 0.25) is 0 Å². The first-order chi connectivity index (χ1) is 13.2. The van der Waals surface area contributed by atoms with E-state index < -0.39 is 0 Å². The second kappa shape index (κ2) is 7.29. The second-order valence-electron chi connectivity index (χ2n) is 6.12. The molecule has 2 N–H and O–H groups in total. The maximum absolute atomic E-state index is 11.4. The lowest BCUT2D eigenvalue weighted by Gasteiger charge is -2.07. The SMILES string of the molecule is COc1ccc(Cc2c(-c3ccccc3)n[nH]c2-c2ccc(=O)[nH]n2)cc1. The molecular formula is C21H18N4O2. The predicted octanol–water partition coefficient (Wildman–Crippen LogP) is 3.43. The third kappa shape index (κ3) is 3.50. The fraction of sp³-hybridized carbons (Fsp3) is 0.0952. The summed E-state index contributed by atoms with van der Waals surface area (Å²) in [6.45, 7) is 0. The number of benzene rings is 2. The Bertz CT molecular complexity index is 1080. The predicted molar refractivity (Wildman–Crippen MR) is 104 cm³/mol. The molecule has 0 aliphatic rings. The molecule has 2 aromatic carbocycles. The number of hydrogen-bond acceptors (Lipinski definition) is 4. The third-order valence-electron chi connectivity index (χ3n) is 4.39. The molecule has 0 saturated carbocycles. The fourth-order valence-corrected chi connectivity index (χ4v) is 3.02. The third-order valence-corrected chi connectivity index (χ3v) is 4.39. The largest absolute Gasteiger partial charge is 0.497 e. The first-order valence-corrected chi connectivity index (χ1v) is 8.56.